The Bertz CT molecular complexity index is 1140. The molecule has 11 nitrogen and oxygen atoms in total. The van der Waals surface area contributed by atoms with Crippen LogP contribution in [0.25, 0.3) is 5.69 Å². The summed E-state index contributed by atoms with van der Waals surface area (Å²) in [7, 11) is 0. The third kappa shape index (κ3) is 3.13. The van der Waals surface area contributed by atoms with Gasteiger partial charge in [-0.2, -0.15) is 5.10 Å². The summed E-state index contributed by atoms with van der Waals surface area (Å²) >= 11 is 0. The Balaban J connectivity index is 1.38. The van der Waals surface area contributed by atoms with Crippen LogP contribution >= 0.6 is 0 Å². The molecule has 1 aromatic carbocycles. The summed E-state index contributed by atoms with van der Waals surface area (Å²) in [6.45, 7) is 0.915. The second-order valence-corrected chi connectivity index (χ2v) is 7.27. The molecule has 3 amide bonds. The molecule has 2 aromatic heterocycles. The summed E-state index contributed by atoms with van der Waals surface area (Å²) in [5, 5.41) is 14.8. The molecule has 2 aliphatic heterocycles. The molecule has 2 aliphatic rings. The Morgan fingerprint density at radius 2 is 2.10 bits per heavy atom. The number of nitrogens with one attached hydrogen (secondary N) is 1. The van der Waals surface area contributed by atoms with Gasteiger partial charge in [-0.3, -0.25) is 24.4 Å². The van der Waals surface area contributed by atoms with Crippen LogP contribution in [-0.4, -0.2) is 58.4 Å². The van der Waals surface area contributed by atoms with Crippen molar-refractivity contribution < 1.29 is 14.4 Å². The lowest BCUT2D eigenvalue weighted by Gasteiger charge is -2.29. The zero-order valence-electron chi connectivity index (χ0n) is 15.9. The smallest absolute Gasteiger partial charge is 0.255 e. The van der Waals surface area contributed by atoms with Crippen LogP contribution in [-0.2, 0) is 29.1 Å². The van der Waals surface area contributed by atoms with Gasteiger partial charge in [0.1, 0.15) is 18.7 Å². The lowest BCUT2D eigenvalue weighted by Crippen LogP contribution is -2.52. The van der Waals surface area contributed by atoms with Crippen LogP contribution in [0.1, 0.15) is 34.5 Å². The largest absolute Gasteiger partial charge is 0.322 e. The molecule has 1 unspecified atom stereocenters. The van der Waals surface area contributed by atoms with Crippen molar-refractivity contribution in [2.75, 3.05) is 0 Å². The van der Waals surface area contributed by atoms with Crippen LogP contribution in [0.5, 0.6) is 0 Å². The number of nitrogens with zero attached hydrogens (tertiary/aromatic N) is 7. The van der Waals surface area contributed by atoms with Crippen molar-refractivity contribution in [2.24, 2.45) is 0 Å². The predicted octanol–water partition coefficient (Wildman–Crippen LogP) is -0.137. The number of amides is 3. The van der Waals surface area contributed by atoms with E-state index in [9.17, 15) is 14.4 Å². The van der Waals surface area contributed by atoms with Gasteiger partial charge in [0.25, 0.3) is 5.91 Å². The molecule has 0 saturated carbocycles. The van der Waals surface area contributed by atoms with Gasteiger partial charge in [0.2, 0.25) is 11.8 Å². The van der Waals surface area contributed by atoms with Gasteiger partial charge < -0.3 is 4.90 Å². The first-order chi connectivity index (χ1) is 14.6. The van der Waals surface area contributed by atoms with E-state index in [1.165, 1.54) is 11.2 Å². The first kappa shape index (κ1) is 18.2. The number of aromatic nitrogens is 6. The number of hydrogen-bond donors (Lipinski definition) is 1. The number of carbonyl (C=O) groups is 3. The maximum absolute atomic E-state index is 12.9. The Labute approximate surface area is 170 Å². The molecule has 4 heterocycles. The summed E-state index contributed by atoms with van der Waals surface area (Å²) < 4.78 is 3.37. The van der Waals surface area contributed by atoms with Gasteiger partial charge in [0.05, 0.1) is 17.6 Å². The van der Waals surface area contributed by atoms with Crippen LogP contribution < -0.4 is 5.32 Å². The quantitative estimate of drug-likeness (QED) is 0.584. The molecule has 1 saturated heterocycles. The molecule has 5 rings (SSSR count). The van der Waals surface area contributed by atoms with Crippen LogP contribution in [0.15, 0.2) is 37.1 Å². The standard InChI is InChI=1S/C19H18N8O3/c28-17-5-4-16(18(29)22-17)26-9-14-13(19(26)30)2-1-3-15(14)27-8-12(23-24-27)6-7-25-11-20-10-21-25/h1-3,8,10-11,16H,4-7,9H2,(H,22,28,29). The average molecular weight is 406 g/mol. The van der Waals surface area contributed by atoms with Crippen molar-refractivity contribution in [1.29, 1.82) is 0 Å². The van der Waals surface area contributed by atoms with Crippen LogP contribution in [0, 0.1) is 0 Å². The summed E-state index contributed by atoms with van der Waals surface area (Å²) in [6.07, 6.45) is 6.14. The predicted molar refractivity (Wildman–Crippen MR) is 101 cm³/mol. The Morgan fingerprint density at radius 3 is 2.90 bits per heavy atom. The average Bonchev–Trinajstić information content (AvgIpc) is 3.47. The van der Waals surface area contributed by atoms with Crippen molar-refractivity contribution in [3.63, 3.8) is 0 Å². The summed E-state index contributed by atoms with van der Waals surface area (Å²) in [4.78, 5) is 42.1. The molecule has 11 heteroatoms. The van der Waals surface area contributed by atoms with Crippen LogP contribution in [0.2, 0.25) is 0 Å². The van der Waals surface area contributed by atoms with Gasteiger partial charge in [0.15, 0.2) is 0 Å². The number of piperidine rings is 1. The fourth-order valence-corrected chi connectivity index (χ4v) is 3.89. The van der Waals surface area contributed by atoms with E-state index in [4.69, 9.17) is 0 Å². The highest BCUT2D eigenvalue weighted by Crippen LogP contribution is 2.31. The maximum Gasteiger partial charge on any atom is 0.255 e. The van der Waals surface area contributed by atoms with Gasteiger partial charge in [-0.1, -0.05) is 11.3 Å². The molecule has 0 radical (unpaired) electrons. The van der Waals surface area contributed by atoms with E-state index in [1.54, 1.807) is 27.8 Å². The number of aryl methyl sites for hydroxylation is 2. The highest BCUT2D eigenvalue weighted by molar-refractivity contribution is 6.05. The van der Waals surface area contributed by atoms with Crippen LogP contribution in [0.4, 0.5) is 0 Å². The first-order valence-electron chi connectivity index (χ1n) is 9.61. The first-order valence-corrected chi connectivity index (χ1v) is 9.61. The fraction of sp³-hybridized carbons (Fsp3) is 0.316. The molecule has 152 valence electrons. The van der Waals surface area contributed by atoms with Crippen molar-refractivity contribution in [3.05, 3.63) is 53.9 Å². The third-order valence-corrected chi connectivity index (χ3v) is 5.41. The molecule has 1 atom stereocenters. The lowest BCUT2D eigenvalue weighted by atomic mass is 10.0. The zero-order valence-corrected chi connectivity index (χ0v) is 15.9. The van der Waals surface area contributed by atoms with E-state index in [0.29, 0.717) is 24.9 Å². The molecule has 3 aromatic rings. The number of hydrogen-bond acceptors (Lipinski definition) is 7. The van der Waals surface area contributed by atoms with Crippen LogP contribution in [0.3, 0.4) is 0 Å². The number of imide groups is 1. The van der Waals surface area contributed by atoms with Gasteiger partial charge >= 0.3 is 0 Å². The minimum Gasteiger partial charge on any atom is -0.322 e. The molecule has 0 spiro atoms. The van der Waals surface area contributed by atoms with E-state index in [0.717, 1.165) is 16.9 Å². The second-order valence-electron chi connectivity index (χ2n) is 7.27. The monoisotopic (exact) mass is 406 g/mol. The lowest BCUT2D eigenvalue weighted by molar-refractivity contribution is -0.136. The zero-order chi connectivity index (χ0) is 20.7. The molecule has 1 fully saturated rings. The molecule has 0 aliphatic carbocycles. The molecule has 0 bridgehead atoms. The minimum absolute atomic E-state index is 0.215. The van der Waals surface area contributed by atoms with E-state index in [2.05, 4.69) is 25.7 Å². The second kappa shape index (κ2) is 7.17. The normalized spacial score (nSPS) is 18.6. The number of benzene rings is 1. The van der Waals surface area contributed by atoms with Crippen molar-refractivity contribution in [2.45, 2.75) is 38.4 Å². The van der Waals surface area contributed by atoms with E-state index in [-0.39, 0.29) is 24.8 Å². The van der Waals surface area contributed by atoms with Gasteiger partial charge in [-0.15, -0.1) is 5.10 Å². The number of carbonyl (C=O) groups excluding carboxylic acids is 3. The molecule has 30 heavy (non-hydrogen) atoms. The van der Waals surface area contributed by atoms with E-state index >= 15 is 0 Å². The van der Waals surface area contributed by atoms with Crippen molar-refractivity contribution >= 4 is 17.7 Å². The Morgan fingerprint density at radius 1 is 1.20 bits per heavy atom. The third-order valence-electron chi connectivity index (χ3n) is 5.41. The highest BCUT2D eigenvalue weighted by atomic mass is 16.2. The number of fused-ring (bicyclic) bond motifs is 1. The van der Waals surface area contributed by atoms with E-state index in [1.807, 2.05) is 12.3 Å². The summed E-state index contributed by atoms with van der Waals surface area (Å²) in [6, 6.07) is 4.76. The number of rotatable bonds is 5. The highest BCUT2D eigenvalue weighted by Gasteiger charge is 2.40. The van der Waals surface area contributed by atoms with Crippen molar-refractivity contribution in [3.8, 4) is 5.69 Å². The fourth-order valence-electron chi connectivity index (χ4n) is 3.89. The molecular weight excluding hydrogens is 388 g/mol. The summed E-state index contributed by atoms with van der Waals surface area (Å²) in [5.41, 5.74) is 2.86. The van der Waals surface area contributed by atoms with Gasteiger partial charge in [-0.25, -0.2) is 9.67 Å². The minimum atomic E-state index is -0.649. The topological polar surface area (TPSA) is 128 Å². The molecular formula is C19H18N8O3. The summed E-state index contributed by atoms with van der Waals surface area (Å²) in [5.74, 6) is -0.944. The van der Waals surface area contributed by atoms with Gasteiger partial charge in [-0.05, 0) is 18.6 Å². The Kier molecular flexibility index (Phi) is 4.34. The SMILES string of the molecule is O=C1CCC(N2Cc3c(cccc3-n3cc(CCn4cncn4)nn3)C2=O)C(=O)N1. The maximum atomic E-state index is 12.9. The Hall–Kier alpha value is -3.89. The molecule has 1 N–H and O–H groups in total. The van der Waals surface area contributed by atoms with E-state index < -0.39 is 11.9 Å². The van der Waals surface area contributed by atoms with Gasteiger partial charge in [0, 0.05) is 37.1 Å². The van der Waals surface area contributed by atoms with Crippen molar-refractivity contribution in [1.82, 2.24) is 40.0 Å².